The quantitative estimate of drug-likeness (QED) is 0.391. The Bertz CT molecular complexity index is 1220. The van der Waals surface area contributed by atoms with Crippen molar-refractivity contribution in [2.24, 2.45) is 0 Å². The van der Waals surface area contributed by atoms with Crippen LogP contribution >= 0.6 is 11.8 Å². The lowest BCUT2D eigenvalue weighted by atomic mass is 10.1. The monoisotopic (exact) mass is 519 g/mol. The van der Waals surface area contributed by atoms with Crippen LogP contribution in [0.5, 0.6) is 5.75 Å². The molecule has 2 aliphatic heterocycles. The van der Waals surface area contributed by atoms with E-state index in [-0.39, 0.29) is 23.0 Å². The van der Waals surface area contributed by atoms with E-state index in [4.69, 9.17) is 13.9 Å². The zero-order chi connectivity index (χ0) is 25.5. The molecule has 0 bridgehead atoms. The lowest BCUT2D eigenvalue weighted by Crippen LogP contribution is -2.43. The molecule has 0 saturated carbocycles. The van der Waals surface area contributed by atoms with E-state index >= 15 is 0 Å². The molecule has 0 radical (unpaired) electrons. The van der Waals surface area contributed by atoms with Crippen molar-refractivity contribution in [2.75, 3.05) is 39.4 Å². The molecule has 2 amide bonds. The molecule has 37 heavy (non-hydrogen) atoms. The summed E-state index contributed by atoms with van der Waals surface area (Å²) < 4.78 is 16.7. The fraction of sp³-hybridized carbons (Fsp3) is 0.321. The minimum atomic E-state index is -0.388. The molecule has 1 atom stereocenters. The van der Waals surface area contributed by atoms with Crippen molar-refractivity contribution in [3.8, 4) is 5.75 Å². The Morgan fingerprint density at radius 1 is 1.00 bits per heavy atom. The van der Waals surface area contributed by atoms with Crippen LogP contribution < -0.4 is 4.74 Å². The topological polar surface area (TPSA) is 85.1 Å². The second kappa shape index (κ2) is 12.2. The molecule has 3 aromatic rings. The zero-order valence-electron chi connectivity index (χ0n) is 20.5. The van der Waals surface area contributed by atoms with Gasteiger partial charge in [-0.3, -0.25) is 19.4 Å². The lowest BCUT2D eigenvalue weighted by molar-refractivity contribution is -0.126. The number of rotatable bonds is 10. The molecule has 2 fully saturated rings. The van der Waals surface area contributed by atoms with E-state index in [1.165, 1.54) is 4.90 Å². The van der Waals surface area contributed by atoms with E-state index in [0.29, 0.717) is 50.1 Å². The van der Waals surface area contributed by atoms with Crippen LogP contribution in [0.15, 0.2) is 65.3 Å². The van der Waals surface area contributed by atoms with Crippen molar-refractivity contribution in [3.63, 3.8) is 0 Å². The molecule has 0 spiro atoms. The van der Waals surface area contributed by atoms with E-state index in [0.717, 1.165) is 36.0 Å². The summed E-state index contributed by atoms with van der Waals surface area (Å²) in [7, 11) is 0. The highest BCUT2D eigenvalue weighted by atomic mass is 32.2. The van der Waals surface area contributed by atoms with Crippen LogP contribution in [0.25, 0.3) is 12.2 Å². The Morgan fingerprint density at radius 2 is 1.78 bits per heavy atom. The van der Waals surface area contributed by atoms with Crippen molar-refractivity contribution in [1.82, 2.24) is 14.8 Å². The largest absolute Gasteiger partial charge is 0.487 e. The van der Waals surface area contributed by atoms with Crippen molar-refractivity contribution in [2.45, 2.75) is 18.3 Å². The maximum absolute atomic E-state index is 12.8. The van der Waals surface area contributed by atoms with E-state index in [1.54, 1.807) is 6.26 Å². The molecule has 2 saturated heterocycles. The van der Waals surface area contributed by atoms with Gasteiger partial charge in [0.15, 0.2) is 0 Å². The third-order valence-electron chi connectivity index (χ3n) is 6.27. The Morgan fingerprint density at radius 3 is 2.57 bits per heavy atom. The third-order valence-corrected chi connectivity index (χ3v) is 7.34. The minimum absolute atomic E-state index is 0.105. The first-order chi connectivity index (χ1) is 18.1. The van der Waals surface area contributed by atoms with Crippen LogP contribution in [-0.2, 0) is 22.6 Å². The molecule has 9 heteroatoms. The van der Waals surface area contributed by atoms with E-state index in [1.807, 2.05) is 66.7 Å². The Labute approximate surface area is 220 Å². The standard InChI is InChI=1S/C28H29N3O5S/c32-27-25(37-28(33)31(27)13-12-30-14-16-34-17-15-30)18-22-6-9-24(10-7-22)35-19-23-20-36-26(29-23)11-8-21-4-2-1-3-5-21/h1-11,20,25H,12-19H2/b11-8+. The lowest BCUT2D eigenvalue weighted by Gasteiger charge is -2.27. The summed E-state index contributed by atoms with van der Waals surface area (Å²) >= 11 is 1.12. The van der Waals surface area contributed by atoms with Gasteiger partial charge in [0.1, 0.15) is 24.3 Å². The van der Waals surface area contributed by atoms with Gasteiger partial charge in [-0.15, -0.1) is 0 Å². The molecule has 2 aromatic carbocycles. The van der Waals surface area contributed by atoms with Gasteiger partial charge in [-0.1, -0.05) is 54.2 Å². The van der Waals surface area contributed by atoms with Crippen LogP contribution in [0.3, 0.4) is 0 Å². The second-order valence-corrected chi connectivity index (χ2v) is 10.0. The average Bonchev–Trinajstić information content (AvgIpc) is 3.50. The van der Waals surface area contributed by atoms with E-state index in [9.17, 15) is 9.59 Å². The number of hydrogen-bond donors (Lipinski definition) is 0. The second-order valence-electron chi connectivity index (χ2n) is 8.87. The van der Waals surface area contributed by atoms with Gasteiger partial charge < -0.3 is 13.9 Å². The number of nitrogens with zero attached hydrogens (tertiary/aromatic N) is 3. The Hall–Kier alpha value is -3.40. The molecule has 0 aliphatic carbocycles. The number of thioether (sulfide) groups is 1. The van der Waals surface area contributed by atoms with Gasteiger partial charge in [-0.05, 0) is 35.8 Å². The zero-order valence-corrected chi connectivity index (χ0v) is 21.3. The Balaban J connectivity index is 1.08. The molecule has 1 aromatic heterocycles. The molecule has 5 rings (SSSR count). The summed E-state index contributed by atoms with van der Waals surface area (Å²) in [5.41, 5.74) is 2.75. The summed E-state index contributed by atoms with van der Waals surface area (Å²) in [4.78, 5) is 33.3. The summed E-state index contributed by atoms with van der Waals surface area (Å²) in [6, 6.07) is 17.5. The van der Waals surface area contributed by atoms with Gasteiger partial charge in [0.25, 0.3) is 5.24 Å². The number of carbonyl (C=O) groups excluding carboxylic acids is 2. The minimum Gasteiger partial charge on any atom is -0.487 e. The molecule has 2 aliphatic rings. The van der Waals surface area contributed by atoms with Gasteiger partial charge in [-0.2, -0.15) is 0 Å². The van der Waals surface area contributed by atoms with Crippen LogP contribution in [0.1, 0.15) is 22.7 Å². The molecule has 8 nitrogen and oxygen atoms in total. The maximum atomic E-state index is 12.8. The Kier molecular flexibility index (Phi) is 8.35. The van der Waals surface area contributed by atoms with Crippen molar-refractivity contribution >= 4 is 35.1 Å². The van der Waals surface area contributed by atoms with E-state index in [2.05, 4.69) is 9.88 Å². The van der Waals surface area contributed by atoms with Gasteiger partial charge in [0.05, 0.1) is 18.5 Å². The highest BCUT2D eigenvalue weighted by Gasteiger charge is 2.39. The number of amides is 2. The molecular formula is C28H29N3O5S. The summed E-state index contributed by atoms with van der Waals surface area (Å²) in [5, 5.41) is -0.546. The number of hydrogen-bond acceptors (Lipinski definition) is 8. The van der Waals surface area contributed by atoms with Crippen LogP contribution in [0.4, 0.5) is 4.79 Å². The third kappa shape index (κ3) is 6.88. The van der Waals surface area contributed by atoms with Gasteiger partial charge in [-0.25, -0.2) is 4.98 Å². The highest BCUT2D eigenvalue weighted by molar-refractivity contribution is 8.15. The van der Waals surface area contributed by atoms with E-state index < -0.39 is 0 Å². The first-order valence-electron chi connectivity index (χ1n) is 12.4. The maximum Gasteiger partial charge on any atom is 0.289 e. The molecule has 3 heterocycles. The number of aromatic nitrogens is 1. The number of ether oxygens (including phenoxy) is 2. The van der Waals surface area contributed by atoms with Crippen LogP contribution in [0, 0.1) is 0 Å². The van der Waals surface area contributed by atoms with Gasteiger partial charge in [0, 0.05) is 32.3 Å². The highest BCUT2D eigenvalue weighted by Crippen LogP contribution is 2.30. The number of benzene rings is 2. The summed E-state index contributed by atoms with van der Waals surface area (Å²) in [6.45, 7) is 4.48. The number of carbonyl (C=O) groups is 2. The predicted molar refractivity (Wildman–Crippen MR) is 142 cm³/mol. The smallest absolute Gasteiger partial charge is 0.289 e. The number of imide groups is 1. The fourth-order valence-electron chi connectivity index (χ4n) is 4.19. The predicted octanol–water partition coefficient (Wildman–Crippen LogP) is 4.36. The number of morpholine rings is 1. The van der Waals surface area contributed by atoms with Gasteiger partial charge >= 0.3 is 0 Å². The van der Waals surface area contributed by atoms with Crippen molar-refractivity contribution in [3.05, 3.63) is 83.6 Å². The van der Waals surface area contributed by atoms with Crippen LogP contribution in [0.2, 0.25) is 0 Å². The summed E-state index contributed by atoms with van der Waals surface area (Å²) in [6.07, 6.45) is 5.86. The van der Waals surface area contributed by atoms with Gasteiger partial charge in [0.2, 0.25) is 11.8 Å². The number of oxazole rings is 1. The molecule has 1 unspecified atom stereocenters. The normalized spacial score (nSPS) is 18.7. The van der Waals surface area contributed by atoms with Crippen molar-refractivity contribution in [1.29, 1.82) is 0 Å². The summed E-state index contributed by atoms with van der Waals surface area (Å²) in [5.74, 6) is 1.11. The van der Waals surface area contributed by atoms with Crippen molar-refractivity contribution < 1.29 is 23.5 Å². The first-order valence-corrected chi connectivity index (χ1v) is 13.2. The first kappa shape index (κ1) is 25.3. The molecule has 192 valence electrons. The average molecular weight is 520 g/mol. The fourth-order valence-corrected chi connectivity index (χ4v) is 5.24. The molecular weight excluding hydrogens is 490 g/mol. The SMILES string of the molecule is O=C1SC(Cc2ccc(OCc3coc(/C=C/c4ccccc4)n3)cc2)C(=O)N1CCN1CCOCC1. The van der Waals surface area contributed by atoms with Crippen LogP contribution in [-0.4, -0.2) is 70.6 Å². The molecule has 0 N–H and O–H groups in total.